The van der Waals surface area contributed by atoms with Crippen LogP contribution in [0.4, 0.5) is 16.0 Å². The van der Waals surface area contributed by atoms with Crippen molar-refractivity contribution in [2.24, 2.45) is 0 Å². The Kier molecular flexibility index (Phi) is 3.47. The molecule has 0 unspecified atom stereocenters. The van der Waals surface area contributed by atoms with Gasteiger partial charge < -0.3 is 5.32 Å². The van der Waals surface area contributed by atoms with E-state index in [-0.39, 0.29) is 5.82 Å². The molecule has 0 fully saturated rings. The van der Waals surface area contributed by atoms with Crippen LogP contribution in [-0.2, 0) is 0 Å². The smallest absolute Gasteiger partial charge is 0.246 e. The zero-order valence-electron chi connectivity index (χ0n) is 10.3. The van der Waals surface area contributed by atoms with Crippen molar-refractivity contribution in [3.63, 3.8) is 0 Å². The summed E-state index contributed by atoms with van der Waals surface area (Å²) >= 11 is 3.41. The highest BCUT2D eigenvalue weighted by Gasteiger charge is 2.06. The Bertz CT molecular complexity index is 724. The highest BCUT2D eigenvalue weighted by Crippen LogP contribution is 2.21. The number of hydrogen-bond acceptors (Lipinski definition) is 3. The molecule has 0 radical (unpaired) electrons. The highest BCUT2D eigenvalue weighted by molar-refractivity contribution is 9.10. The Hall–Kier alpha value is -2.21. The Morgan fingerprint density at radius 1 is 1.10 bits per heavy atom. The summed E-state index contributed by atoms with van der Waals surface area (Å²) in [7, 11) is 0. The summed E-state index contributed by atoms with van der Waals surface area (Å²) in [5, 5.41) is 9.95. The second-order valence-corrected chi connectivity index (χ2v) is 5.07. The topological polar surface area (TPSA) is 53.6 Å². The fourth-order valence-corrected chi connectivity index (χ4v) is 2.14. The molecule has 0 aliphatic rings. The summed E-state index contributed by atoms with van der Waals surface area (Å²) in [6.45, 7) is 0. The molecule has 20 heavy (non-hydrogen) atoms. The van der Waals surface area contributed by atoms with E-state index in [9.17, 15) is 4.39 Å². The third-order valence-corrected chi connectivity index (χ3v) is 3.18. The molecule has 0 spiro atoms. The molecule has 0 aliphatic carbocycles. The summed E-state index contributed by atoms with van der Waals surface area (Å²) in [6, 6.07) is 13.8. The van der Waals surface area contributed by atoms with Crippen LogP contribution in [0, 0.1) is 5.82 Å². The summed E-state index contributed by atoms with van der Waals surface area (Å²) in [5.41, 5.74) is 1.66. The maximum absolute atomic E-state index is 12.8. The van der Waals surface area contributed by atoms with E-state index in [0.29, 0.717) is 11.8 Å². The standard InChI is InChI=1S/C14H10BrFN4/c15-10-3-1-2-9(8-10)13-18-14(20-19-13)17-12-6-4-11(16)5-7-12/h1-8H,(H2,17,18,19,20). The highest BCUT2D eigenvalue weighted by atomic mass is 79.9. The number of benzene rings is 2. The van der Waals surface area contributed by atoms with Crippen LogP contribution in [0.5, 0.6) is 0 Å². The van der Waals surface area contributed by atoms with Crippen LogP contribution in [0.2, 0.25) is 0 Å². The van der Waals surface area contributed by atoms with Gasteiger partial charge in [-0.3, -0.25) is 5.10 Å². The lowest BCUT2D eigenvalue weighted by Gasteiger charge is -2.00. The molecular weight excluding hydrogens is 323 g/mol. The van der Waals surface area contributed by atoms with Crippen molar-refractivity contribution in [2.75, 3.05) is 5.32 Å². The minimum absolute atomic E-state index is 0.277. The molecule has 3 rings (SSSR count). The van der Waals surface area contributed by atoms with Crippen molar-refractivity contribution < 1.29 is 4.39 Å². The first-order chi connectivity index (χ1) is 9.70. The van der Waals surface area contributed by atoms with E-state index in [4.69, 9.17) is 0 Å². The third kappa shape index (κ3) is 2.85. The Labute approximate surface area is 123 Å². The summed E-state index contributed by atoms with van der Waals surface area (Å²) in [4.78, 5) is 4.35. The van der Waals surface area contributed by atoms with Crippen LogP contribution < -0.4 is 5.32 Å². The van der Waals surface area contributed by atoms with Gasteiger partial charge in [0.1, 0.15) is 5.82 Å². The van der Waals surface area contributed by atoms with Crippen LogP contribution in [0.3, 0.4) is 0 Å². The molecule has 1 heterocycles. The van der Waals surface area contributed by atoms with Gasteiger partial charge in [0.2, 0.25) is 5.95 Å². The van der Waals surface area contributed by atoms with Crippen molar-refractivity contribution >= 4 is 27.6 Å². The molecule has 0 amide bonds. The number of aromatic amines is 1. The van der Waals surface area contributed by atoms with E-state index in [0.717, 1.165) is 15.7 Å². The van der Waals surface area contributed by atoms with Gasteiger partial charge in [-0.2, -0.15) is 4.98 Å². The molecule has 0 bridgehead atoms. The van der Waals surface area contributed by atoms with Crippen LogP contribution >= 0.6 is 15.9 Å². The van der Waals surface area contributed by atoms with E-state index >= 15 is 0 Å². The first-order valence-corrected chi connectivity index (χ1v) is 6.71. The molecule has 1 aromatic heterocycles. The first-order valence-electron chi connectivity index (χ1n) is 5.92. The number of nitrogens with zero attached hydrogens (tertiary/aromatic N) is 2. The molecule has 2 aromatic carbocycles. The zero-order valence-corrected chi connectivity index (χ0v) is 11.9. The maximum atomic E-state index is 12.8. The quantitative estimate of drug-likeness (QED) is 0.758. The number of halogens is 2. The van der Waals surface area contributed by atoms with E-state index in [1.165, 1.54) is 12.1 Å². The first kappa shape index (κ1) is 12.8. The van der Waals surface area contributed by atoms with Gasteiger partial charge in [-0.25, -0.2) is 4.39 Å². The van der Waals surface area contributed by atoms with Crippen LogP contribution in [0.15, 0.2) is 53.0 Å². The SMILES string of the molecule is Fc1ccc(Nc2n[nH]c(-c3cccc(Br)c3)n2)cc1. The van der Waals surface area contributed by atoms with Gasteiger partial charge >= 0.3 is 0 Å². The molecule has 4 nitrogen and oxygen atoms in total. The summed E-state index contributed by atoms with van der Waals surface area (Å²) in [6.07, 6.45) is 0. The molecule has 0 saturated carbocycles. The number of rotatable bonds is 3. The molecule has 0 atom stereocenters. The van der Waals surface area contributed by atoms with E-state index in [2.05, 4.69) is 36.4 Å². The minimum atomic E-state index is -0.277. The van der Waals surface area contributed by atoms with Gasteiger partial charge in [0.15, 0.2) is 5.82 Å². The second-order valence-electron chi connectivity index (χ2n) is 4.15. The van der Waals surface area contributed by atoms with E-state index in [1.807, 2.05) is 24.3 Å². The lowest BCUT2D eigenvalue weighted by molar-refractivity contribution is 0.628. The number of anilines is 2. The predicted molar refractivity (Wildman–Crippen MR) is 79.2 cm³/mol. The number of hydrogen-bond donors (Lipinski definition) is 2. The normalized spacial score (nSPS) is 10.5. The molecule has 0 aliphatic heterocycles. The monoisotopic (exact) mass is 332 g/mol. The molecule has 3 aromatic rings. The fraction of sp³-hybridized carbons (Fsp3) is 0. The molecule has 6 heteroatoms. The van der Waals surface area contributed by atoms with Gasteiger partial charge in [0.25, 0.3) is 0 Å². The van der Waals surface area contributed by atoms with Gasteiger partial charge in [0.05, 0.1) is 0 Å². The van der Waals surface area contributed by atoms with Crippen molar-refractivity contribution in [2.45, 2.75) is 0 Å². The Morgan fingerprint density at radius 3 is 2.65 bits per heavy atom. The Balaban J connectivity index is 1.82. The largest absolute Gasteiger partial charge is 0.323 e. The van der Waals surface area contributed by atoms with Gasteiger partial charge in [0, 0.05) is 15.7 Å². The van der Waals surface area contributed by atoms with Crippen LogP contribution in [0.25, 0.3) is 11.4 Å². The van der Waals surface area contributed by atoms with Gasteiger partial charge in [-0.05, 0) is 36.4 Å². The predicted octanol–water partition coefficient (Wildman–Crippen LogP) is 4.12. The molecular formula is C14H10BrFN4. The minimum Gasteiger partial charge on any atom is -0.323 e. The lowest BCUT2D eigenvalue weighted by Crippen LogP contribution is -1.92. The Morgan fingerprint density at radius 2 is 1.90 bits per heavy atom. The number of nitrogens with one attached hydrogen (secondary N) is 2. The summed E-state index contributed by atoms with van der Waals surface area (Å²) < 4.78 is 13.8. The second kappa shape index (κ2) is 5.42. The molecule has 2 N–H and O–H groups in total. The average molecular weight is 333 g/mol. The average Bonchev–Trinajstić information content (AvgIpc) is 2.90. The van der Waals surface area contributed by atoms with Crippen molar-refractivity contribution in [1.82, 2.24) is 15.2 Å². The molecule has 0 saturated heterocycles. The summed E-state index contributed by atoms with van der Waals surface area (Å²) in [5.74, 6) is 0.822. The number of H-pyrrole nitrogens is 1. The third-order valence-electron chi connectivity index (χ3n) is 2.68. The number of aromatic nitrogens is 3. The van der Waals surface area contributed by atoms with Crippen molar-refractivity contribution in [1.29, 1.82) is 0 Å². The lowest BCUT2D eigenvalue weighted by atomic mass is 10.2. The zero-order chi connectivity index (χ0) is 13.9. The van der Waals surface area contributed by atoms with Crippen LogP contribution in [-0.4, -0.2) is 15.2 Å². The van der Waals surface area contributed by atoms with Gasteiger partial charge in [-0.1, -0.05) is 28.1 Å². The van der Waals surface area contributed by atoms with Crippen molar-refractivity contribution in [3.05, 3.63) is 58.8 Å². The fourth-order valence-electron chi connectivity index (χ4n) is 1.74. The van der Waals surface area contributed by atoms with Crippen LogP contribution in [0.1, 0.15) is 0 Å². The molecule has 100 valence electrons. The maximum Gasteiger partial charge on any atom is 0.246 e. The van der Waals surface area contributed by atoms with E-state index in [1.54, 1.807) is 12.1 Å². The van der Waals surface area contributed by atoms with E-state index < -0.39 is 0 Å². The van der Waals surface area contributed by atoms with Gasteiger partial charge in [-0.15, -0.1) is 5.10 Å². The van der Waals surface area contributed by atoms with Crippen molar-refractivity contribution in [3.8, 4) is 11.4 Å².